The third-order valence-electron chi connectivity index (χ3n) is 8.88. The van der Waals surface area contributed by atoms with Gasteiger partial charge in [0.1, 0.15) is 17.1 Å². The van der Waals surface area contributed by atoms with Crippen molar-refractivity contribution in [3.8, 4) is 6.07 Å². The molecule has 46 heavy (non-hydrogen) atoms. The van der Waals surface area contributed by atoms with Gasteiger partial charge in [0.15, 0.2) is 5.78 Å². The fourth-order valence-corrected chi connectivity index (χ4v) is 6.33. The van der Waals surface area contributed by atoms with E-state index in [1.54, 1.807) is 43.5 Å². The molecule has 0 bridgehead atoms. The smallest absolute Gasteiger partial charge is 0.328 e. The summed E-state index contributed by atoms with van der Waals surface area (Å²) in [6.45, 7) is 4.19. The molecule has 12 nitrogen and oxygen atoms in total. The minimum atomic E-state index is -1.33. The maximum atomic E-state index is 14.2. The lowest BCUT2D eigenvalue weighted by Gasteiger charge is -2.42. The SMILES string of the molecule is CCCC(Nc1c[nH]c(=O)n(C)c1=O)C1CCN=CC(C#N)C1=NNC1(C)C(=O)C(C(=O)Nc2ccccc2)=CC2C=CC=CC21. The Morgan fingerprint density at radius 1 is 1.22 bits per heavy atom. The van der Waals surface area contributed by atoms with E-state index >= 15 is 0 Å². The summed E-state index contributed by atoms with van der Waals surface area (Å²) in [6.07, 6.45) is 14.2. The molecule has 12 heteroatoms. The highest BCUT2D eigenvalue weighted by atomic mass is 16.2. The summed E-state index contributed by atoms with van der Waals surface area (Å²) in [6, 6.07) is 10.9. The van der Waals surface area contributed by atoms with E-state index in [-0.39, 0.29) is 35.1 Å². The van der Waals surface area contributed by atoms with E-state index in [0.717, 1.165) is 11.0 Å². The molecule has 1 aromatic heterocycles. The van der Waals surface area contributed by atoms with Gasteiger partial charge in [-0.3, -0.25) is 29.4 Å². The highest BCUT2D eigenvalue weighted by Crippen LogP contribution is 2.39. The zero-order valence-corrected chi connectivity index (χ0v) is 26.1. The molecule has 2 aromatic rings. The summed E-state index contributed by atoms with van der Waals surface area (Å²) in [5.74, 6) is -2.68. The van der Waals surface area contributed by atoms with Crippen molar-refractivity contribution in [3.63, 3.8) is 0 Å². The number of carbonyl (C=O) groups is 2. The fraction of sp³-hybridized carbons (Fsp3) is 0.382. The molecule has 4 N–H and O–H groups in total. The second-order valence-corrected chi connectivity index (χ2v) is 11.9. The minimum Gasteiger partial charge on any atom is -0.376 e. The highest BCUT2D eigenvalue weighted by molar-refractivity contribution is 6.26. The van der Waals surface area contributed by atoms with Crippen LogP contribution in [0, 0.1) is 35.0 Å². The van der Waals surface area contributed by atoms with Crippen molar-refractivity contribution < 1.29 is 9.59 Å². The van der Waals surface area contributed by atoms with Gasteiger partial charge in [-0.25, -0.2) is 4.79 Å². The fourth-order valence-electron chi connectivity index (χ4n) is 6.33. The number of hydrogen-bond acceptors (Lipinski definition) is 9. The van der Waals surface area contributed by atoms with E-state index in [1.807, 2.05) is 37.3 Å². The number of fused-ring (bicyclic) bond motifs is 1. The number of amides is 1. The normalized spacial score (nSPS) is 26.8. The number of para-hydroxylation sites is 1. The van der Waals surface area contributed by atoms with Gasteiger partial charge in [0.2, 0.25) is 0 Å². The van der Waals surface area contributed by atoms with Crippen LogP contribution < -0.4 is 27.3 Å². The standard InChI is InChI=1S/C34H38N8O4/c1-4-10-27(39-28-20-37-33(46)42(3)32(28)45)24-15-16-36-19-22(18-35)29(24)40-41-34(2)26-14-9-8-11-21(26)17-25(30(34)43)31(44)38-23-12-6-5-7-13-23/h5-9,11-14,17,19-22,24,26-27,39,41H,4,10,15-16H2,1-3H3,(H,37,46)(H,38,44). The van der Waals surface area contributed by atoms with Crippen LogP contribution in [0.15, 0.2) is 92.2 Å². The molecule has 0 radical (unpaired) electrons. The molecule has 0 saturated carbocycles. The number of aromatic nitrogens is 2. The first-order valence-electron chi connectivity index (χ1n) is 15.4. The number of hydrogen-bond donors (Lipinski definition) is 4. The maximum Gasteiger partial charge on any atom is 0.328 e. The van der Waals surface area contributed by atoms with Crippen LogP contribution >= 0.6 is 0 Å². The molecule has 238 valence electrons. The van der Waals surface area contributed by atoms with E-state index in [4.69, 9.17) is 5.10 Å². The first kappa shape index (κ1) is 32.1. The number of Topliss-reactive ketones (excluding diaryl/α,β-unsaturated/α-hetero) is 1. The van der Waals surface area contributed by atoms with Gasteiger partial charge >= 0.3 is 5.69 Å². The molecule has 2 heterocycles. The average molecular weight is 623 g/mol. The predicted molar refractivity (Wildman–Crippen MR) is 178 cm³/mol. The molecular formula is C34H38N8O4. The predicted octanol–water partition coefficient (Wildman–Crippen LogP) is 3.10. The van der Waals surface area contributed by atoms with Crippen LogP contribution in [0.3, 0.4) is 0 Å². The Hall–Kier alpha value is -5.31. The minimum absolute atomic E-state index is 0.0236. The lowest BCUT2D eigenvalue weighted by atomic mass is 9.66. The van der Waals surface area contributed by atoms with Crippen molar-refractivity contribution in [3.05, 3.63) is 93.3 Å². The summed E-state index contributed by atoms with van der Waals surface area (Å²) in [4.78, 5) is 59.5. The van der Waals surface area contributed by atoms with Gasteiger partial charge in [-0.1, -0.05) is 61.9 Å². The van der Waals surface area contributed by atoms with E-state index in [2.05, 4.69) is 32.1 Å². The Kier molecular flexibility index (Phi) is 9.61. The molecule has 0 spiro atoms. The summed E-state index contributed by atoms with van der Waals surface area (Å²) in [5.41, 5.74) is 2.12. The maximum absolute atomic E-state index is 14.2. The van der Waals surface area contributed by atoms with Crippen molar-refractivity contribution in [1.29, 1.82) is 5.26 Å². The molecule has 1 amide bonds. The van der Waals surface area contributed by atoms with Crippen LogP contribution in [0.1, 0.15) is 33.1 Å². The number of nitriles is 1. The van der Waals surface area contributed by atoms with Crippen molar-refractivity contribution in [1.82, 2.24) is 15.0 Å². The summed E-state index contributed by atoms with van der Waals surface area (Å²) >= 11 is 0. The van der Waals surface area contributed by atoms with Crippen LogP contribution in [-0.2, 0) is 16.6 Å². The molecule has 6 unspecified atom stereocenters. The number of rotatable bonds is 9. The molecule has 1 aliphatic heterocycles. The van der Waals surface area contributed by atoms with Crippen LogP contribution in [-0.4, -0.2) is 51.3 Å². The largest absolute Gasteiger partial charge is 0.376 e. The lowest BCUT2D eigenvalue weighted by Crippen LogP contribution is -2.59. The Labute approximate surface area is 266 Å². The number of nitrogens with zero attached hydrogens (tertiary/aromatic N) is 4. The molecular weight excluding hydrogens is 584 g/mol. The number of hydrazone groups is 1. The summed E-state index contributed by atoms with van der Waals surface area (Å²) in [7, 11) is 1.40. The van der Waals surface area contributed by atoms with E-state index in [0.29, 0.717) is 30.8 Å². The monoisotopic (exact) mass is 622 g/mol. The molecule has 0 fully saturated rings. The Balaban J connectivity index is 1.51. The molecule has 3 aliphatic rings. The molecule has 5 rings (SSSR count). The Bertz CT molecular complexity index is 1800. The van der Waals surface area contributed by atoms with E-state index in [9.17, 15) is 24.4 Å². The van der Waals surface area contributed by atoms with Crippen molar-refractivity contribution in [2.45, 2.75) is 44.7 Å². The van der Waals surface area contributed by atoms with E-state index < -0.39 is 34.4 Å². The van der Waals surface area contributed by atoms with Crippen molar-refractivity contribution >= 4 is 35.0 Å². The van der Waals surface area contributed by atoms with Crippen molar-refractivity contribution in [2.24, 2.45) is 40.8 Å². The number of aliphatic imine (C=N–C) groups is 1. The highest BCUT2D eigenvalue weighted by Gasteiger charge is 2.50. The van der Waals surface area contributed by atoms with Gasteiger partial charge < -0.3 is 15.6 Å². The zero-order chi connectivity index (χ0) is 32.8. The Morgan fingerprint density at radius 2 is 1.98 bits per heavy atom. The Morgan fingerprint density at radius 3 is 2.72 bits per heavy atom. The van der Waals surface area contributed by atoms with Crippen molar-refractivity contribution in [2.75, 3.05) is 17.2 Å². The third-order valence-corrected chi connectivity index (χ3v) is 8.88. The molecule has 6 atom stereocenters. The second kappa shape index (κ2) is 13.8. The van der Waals surface area contributed by atoms with Crippen LogP contribution in [0.25, 0.3) is 0 Å². The second-order valence-electron chi connectivity index (χ2n) is 11.9. The molecule has 1 aromatic carbocycles. The number of anilines is 2. The number of benzene rings is 1. The quantitative estimate of drug-likeness (QED) is 0.246. The van der Waals surface area contributed by atoms with Gasteiger partial charge in [0.25, 0.3) is 11.5 Å². The van der Waals surface area contributed by atoms with Gasteiger partial charge in [0, 0.05) is 55.5 Å². The molecule has 2 aliphatic carbocycles. The van der Waals surface area contributed by atoms with E-state index in [1.165, 1.54) is 13.2 Å². The third kappa shape index (κ3) is 6.40. The van der Waals surface area contributed by atoms with Gasteiger partial charge in [-0.2, -0.15) is 10.4 Å². The zero-order valence-electron chi connectivity index (χ0n) is 26.1. The first-order chi connectivity index (χ1) is 22.2. The topological polar surface area (TPSA) is 174 Å². The van der Waals surface area contributed by atoms with Crippen LogP contribution in [0.5, 0.6) is 0 Å². The van der Waals surface area contributed by atoms with Gasteiger partial charge in [0.05, 0.1) is 17.4 Å². The molecule has 0 saturated heterocycles. The lowest BCUT2D eigenvalue weighted by molar-refractivity contribution is -0.126. The average Bonchev–Trinajstić information content (AvgIpc) is 3.28. The first-order valence-corrected chi connectivity index (χ1v) is 15.4. The number of aromatic amines is 1. The number of carbonyl (C=O) groups excluding carboxylic acids is 2. The number of H-pyrrole nitrogens is 1. The number of nitrogens with one attached hydrogen (secondary N) is 4. The van der Waals surface area contributed by atoms with Gasteiger partial charge in [-0.05, 0) is 31.9 Å². The van der Waals surface area contributed by atoms with Gasteiger partial charge in [-0.15, -0.1) is 0 Å². The van der Waals surface area contributed by atoms with Crippen LogP contribution in [0.2, 0.25) is 0 Å². The number of allylic oxidation sites excluding steroid dienone is 4. The number of ketones is 1. The summed E-state index contributed by atoms with van der Waals surface area (Å²) < 4.78 is 0.993. The summed E-state index contributed by atoms with van der Waals surface area (Å²) in [5, 5.41) is 21.2. The van der Waals surface area contributed by atoms with Crippen LogP contribution in [0.4, 0.5) is 11.4 Å².